The van der Waals surface area contributed by atoms with Crippen LogP contribution in [0.1, 0.15) is 35.0 Å². The van der Waals surface area contributed by atoms with Crippen molar-refractivity contribution in [2.45, 2.75) is 32.8 Å². The van der Waals surface area contributed by atoms with E-state index in [2.05, 4.69) is 4.98 Å². The first-order chi connectivity index (χ1) is 9.85. The van der Waals surface area contributed by atoms with Crippen LogP contribution in [0.25, 0.3) is 0 Å². The summed E-state index contributed by atoms with van der Waals surface area (Å²) in [4.78, 5) is 5.47. The summed E-state index contributed by atoms with van der Waals surface area (Å²) in [6.45, 7) is 5.50. The van der Waals surface area contributed by atoms with E-state index in [-0.39, 0.29) is 0 Å². The van der Waals surface area contributed by atoms with Crippen molar-refractivity contribution in [2.24, 2.45) is 0 Å². The molecule has 5 heteroatoms. The molecule has 4 nitrogen and oxygen atoms in total. The summed E-state index contributed by atoms with van der Waals surface area (Å²) in [5, 5.41) is 11.1. The molecule has 0 unspecified atom stereocenters. The lowest BCUT2D eigenvalue weighted by atomic mass is 10.1. The van der Waals surface area contributed by atoms with Gasteiger partial charge in [-0.3, -0.25) is 0 Å². The average molecular weight is 307 g/mol. The lowest BCUT2D eigenvalue weighted by molar-refractivity contribution is 0.0817. The molecular formula is C16H21NO3S. The van der Waals surface area contributed by atoms with Gasteiger partial charge < -0.3 is 14.6 Å². The Labute approximate surface area is 129 Å². The first-order valence-corrected chi connectivity index (χ1v) is 7.57. The Bertz CT molecular complexity index is 629. The largest absolute Gasteiger partial charge is 0.493 e. The van der Waals surface area contributed by atoms with Gasteiger partial charge >= 0.3 is 0 Å². The smallest absolute Gasteiger partial charge is 0.160 e. The number of benzene rings is 1. The SMILES string of the molecule is COc1ccc(Cc2nc(C)c(C(C)(C)O)s2)cc1OC. The molecule has 0 spiro atoms. The summed E-state index contributed by atoms with van der Waals surface area (Å²) in [6.07, 6.45) is 0.710. The van der Waals surface area contributed by atoms with Crippen LogP contribution in [0, 0.1) is 6.92 Å². The molecule has 0 atom stereocenters. The fraction of sp³-hybridized carbons (Fsp3) is 0.438. The first-order valence-electron chi connectivity index (χ1n) is 6.75. The molecule has 1 N–H and O–H groups in total. The van der Waals surface area contributed by atoms with Gasteiger partial charge in [0, 0.05) is 6.42 Å². The Hall–Kier alpha value is -1.59. The first kappa shape index (κ1) is 15.8. The molecule has 0 saturated carbocycles. The average Bonchev–Trinajstić information content (AvgIpc) is 2.79. The minimum Gasteiger partial charge on any atom is -0.493 e. The van der Waals surface area contributed by atoms with E-state index < -0.39 is 5.60 Å². The lowest BCUT2D eigenvalue weighted by Crippen LogP contribution is -2.14. The van der Waals surface area contributed by atoms with Gasteiger partial charge in [0.1, 0.15) is 0 Å². The van der Waals surface area contributed by atoms with Gasteiger partial charge in [-0.15, -0.1) is 11.3 Å². The van der Waals surface area contributed by atoms with Gasteiger partial charge in [0.15, 0.2) is 11.5 Å². The lowest BCUT2D eigenvalue weighted by Gasteiger charge is -2.15. The maximum atomic E-state index is 10.1. The normalized spacial score (nSPS) is 11.5. The molecule has 0 saturated heterocycles. The van der Waals surface area contributed by atoms with Crippen LogP contribution in [0.4, 0.5) is 0 Å². The summed E-state index contributed by atoms with van der Waals surface area (Å²) in [5.41, 5.74) is 1.14. The molecule has 0 radical (unpaired) electrons. The number of ether oxygens (including phenoxy) is 2. The van der Waals surface area contributed by atoms with E-state index >= 15 is 0 Å². The Morgan fingerprint density at radius 3 is 2.38 bits per heavy atom. The molecule has 2 rings (SSSR count). The molecule has 0 fully saturated rings. The van der Waals surface area contributed by atoms with Gasteiger partial charge in [-0.2, -0.15) is 0 Å². The zero-order valence-electron chi connectivity index (χ0n) is 13.1. The molecule has 2 aromatic rings. The van der Waals surface area contributed by atoms with E-state index in [4.69, 9.17) is 9.47 Å². The van der Waals surface area contributed by atoms with Crippen LogP contribution < -0.4 is 9.47 Å². The van der Waals surface area contributed by atoms with Crippen LogP contribution in [-0.2, 0) is 12.0 Å². The van der Waals surface area contributed by atoms with Gasteiger partial charge in [-0.1, -0.05) is 6.07 Å². The quantitative estimate of drug-likeness (QED) is 0.921. The third kappa shape index (κ3) is 3.54. The fourth-order valence-corrected chi connectivity index (χ4v) is 3.36. The monoisotopic (exact) mass is 307 g/mol. The van der Waals surface area contributed by atoms with Crippen LogP contribution in [-0.4, -0.2) is 24.3 Å². The minimum atomic E-state index is -0.850. The molecule has 0 amide bonds. The van der Waals surface area contributed by atoms with Gasteiger partial charge in [0.25, 0.3) is 0 Å². The number of aromatic nitrogens is 1. The molecule has 1 heterocycles. The Kier molecular flexibility index (Phi) is 4.54. The number of aliphatic hydroxyl groups is 1. The van der Waals surface area contributed by atoms with Gasteiger partial charge in [0.05, 0.1) is 35.4 Å². The molecule has 114 valence electrons. The van der Waals surface area contributed by atoms with Gasteiger partial charge in [-0.05, 0) is 38.5 Å². The Morgan fingerprint density at radius 2 is 1.86 bits per heavy atom. The standard InChI is InChI=1S/C16H21NO3S/c1-10-15(16(2,3)18)21-14(17-10)9-11-6-7-12(19-4)13(8-11)20-5/h6-8,18H,9H2,1-5H3. The highest BCUT2D eigenvalue weighted by Crippen LogP contribution is 2.32. The van der Waals surface area contributed by atoms with Crippen molar-refractivity contribution in [1.82, 2.24) is 4.98 Å². The predicted octanol–water partition coefficient (Wildman–Crippen LogP) is 3.29. The summed E-state index contributed by atoms with van der Waals surface area (Å²) in [6, 6.07) is 5.85. The summed E-state index contributed by atoms with van der Waals surface area (Å²) in [5.74, 6) is 1.43. The maximum absolute atomic E-state index is 10.1. The zero-order valence-corrected chi connectivity index (χ0v) is 13.9. The van der Waals surface area contributed by atoms with Crippen molar-refractivity contribution in [1.29, 1.82) is 0 Å². The number of aryl methyl sites for hydroxylation is 1. The van der Waals surface area contributed by atoms with E-state index in [1.807, 2.05) is 25.1 Å². The van der Waals surface area contributed by atoms with Crippen LogP contribution in [0.3, 0.4) is 0 Å². The number of nitrogens with zero attached hydrogens (tertiary/aromatic N) is 1. The van der Waals surface area contributed by atoms with Gasteiger partial charge in [0.2, 0.25) is 0 Å². The number of rotatable bonds is 5. The zero-order chi connectivity index (χ0) is 15.6. The van der Waals surface area contributed by atoms with Crippen molar-refractivity contribution in [2.75, 3.05) is 14.2 Å². The second-order valence-electron chi connectivity index (χ2n) is 5.45. The molecule has 0 bridgehead atoms. The van der Waals surface area contributed by atoms with Crippen molar-refractivity contribution < 1.29 is 14.6 Å². The Balaban J connectivity index is 2.26. The van der Waals surface area contributed by atoms with Crippen molar-refractivity contribution in [3.05, 3.63) is 39.3 Å². The van der Waals surface area contributed by atoms with E-state index in [0.29, 0.717) is 17.9 Å². The van der Waals surface area contributed by atoms with Crippen molar-refractivity contribution in [3.63, 3.8) is 0 Å². The second-order valence-corrected chi connectivity index (χ2v) is 6.53. The minimum absolute atomic E-state index is 0.710. The molecule has 0 aliphatic rings. The number of hydrogen-bond donors (Lipinski definition) is 1. The Morgan fingerprint density at radius 1 is 1.19 bits per heavy atom. The van der Waals surface area contributed by atoms with Crippen molar-refractivity contribution >= 4 is 11.3 Å². The van der Waals surface area contributed by atoms with Crippen molar-refractivity contribution in [3.8, 4) is 11.5 Å². The van der Waals surface area contributed by atoms with E-state index in [1.165, 1.54) is 0 Å². The second kappa shape index (κ2) is 6.03. The predicted molar refractivity (Wildman–Crippen MR) is 84.4 cm³/mol. The molecule has 1 aromatic heterocycles. The van der Waals surface area contributed by atoms with Gasteiger partial charge in [-0.25, -0.2) is 4.98 Å². The summed E-state index contributed by atoms with van der Waals surface area (Å²) in [7, 11) is 3.25. The van der Waals surface area contributed by atoms with Crippen LogP contribution in [0.5, 0.6) is 11.5 Å². The molecule has 21 heavy (non-hydrogen) atoms. The number of thiazole rings is 1. The van der Waals surface area contributed by atoms with Crippen LogP contribution in [0.2, 0.25) is 0 Å². The molecule has 1 aromatic carbocycles. The molecule has 0 aliphatic carbocycles. The third-order valence-corrected chi connectivity index (χ3v) is 4.67. The van der Waals surface area contributed by atoms with E-state index in [9.17, 15) is 5.11 Å². The van der Waals surface area contributed by atoms with Crippen LogP contribution in [0.15, 0.2) is 18.2 Å². The number of hydrogen-bond acceptors (Lipinski definition) is 5. The topological polar surface area (TPSA) is 51.6 Å². The molecule has 0 aliphatic heterocycles. The third-order valence-electron chi connectivity index (χ3n) is 3.20. The van der Waals surface area contributed by atoms with E-state index in [1.54, 1.807) is 39.4 Å². The maximum Gasteiger partial charge on any atom is 0.160 e. The summed E-state index contributed by atoms with van der Waals surface area (Å²) >= 11 is 1.55. The number of methoxy groups -OCH3 is 2. The highest BCUT2D eigenvalue weighted by atomic mass is 32.1. The summed E-state index contributed by atoms with van der Waals surface area (Å²) < 4.78 is 10.6. The highest BCUT2D eigenvalue weighted by molar-refractivity contribution is 7.11. The highest BCUT2D eigenvalue weighted by Gasteiger charge is 2.22. The molecular weight excluding hydrogens is 286 g/mol. The fourth-order valence-electron chi connectivity index (χ4n) is 2.26. The van der Waals surface area contributed by atoms with E-state index in [0.717, 1.165) is 21.1 Å². The van der Waals surface area contributed by atoms with Crippen LogP contribution >= 0.6 is 11.3 Å².